The minimum atomic E-state index is 0.803. The standard InChI is InChI=1S/C15H11N5S/c1-10-6-18-20(9-10)14-5-13-12(8-17-14)19-15(21-13)11-3-2-4-16-7-11/h2-9H,1H3. The Morgan fingerprint density at radius 1 is 1.19 bits per heavy atom. The molecule has 0 unspecified atom stereocenters. The number of pyridine rings is 2. The summed E-state index contributed by atoms with van der Waals surface area (Å²) in [6.45, 7) is 2.01. The number of aromatic nitrogens is 5. The van der Waals surface area contributed by atoms with E-state index in [9.17, 15) is 0 Å². The summed E-state index contributed by atoms with van der Waals surface area (Å²) in [6.07, 6.45) is 9.15. The molecule has 0 atom stereocenters. The molecule has 0 spiro atoms. The van der Waals surface area contributed by atoms with E-state index in [1.807, 2.05) is 43.7 Å². The van der Waals surface area contributed by atoms with Crippen molar-refractivity contribution in [2.24, 2.45) is 0 Å². The predicted octanol–water partition coefficient (Wildman–Crippen LogP) is 3.25. The topological polar surface area (TPSA) is 56.5 Å². The Hall–Kier alpha value is -2.60. The lowest BCUT2D eigenvalue weighted by Gasteiger charge is -1.98. The van der Waals surface area contributed by atoms with E-state index in [4.69, 9.17) is 0 Å². The largest absolute Gasteiger partial charge is 0.264 e. The molecule has 4 aromatic rings. The maximum absolute atomic E-state index is 4.61. The molecule has 21 heavy (non-hydrogen) atoms. The Balaban J connectivity index is 1.82. The van der Waals surface area contributed by atoms with Gasteiger partial charge in [0.1, 0.15) is 10.5 Å². The molecule has 0 aliphatic carbocycles. The maximum Gasteiger partial charge on any atom is 0.154 e. The van der Waals surface area contributed by atoms with Crippen molar-refractivity contribution in [3.05, 3.63) is 54.7 Å². The van der Waals surface area contributed by atoms with Gasteiger partial charge in [-0.05, 0) is 24.6 Å². The van der Waals surface area contributed by atoms with Crippen LogP contribution in [-0.4, -0.2) is 24.7 Å². The second kappa shape index (κ2) is 4.75. The highest BCUT2D eigenvalue weighted by Gasteiger charge is 2.09. The zero-order chi connectivity index (χ0) is 14.2. The fraction of sp³-hybridized carbons (Fsp3) is 0.0667. The van der Waals surface area contributed by atoms with Crippen molar-refractivity contribution in [1.29, 1.82) is 0 Å². The van der Waals surface area contributed by atoms with Gasteiger partial charge in [-0.25, -0.2) is 14.6 Å². The smallest absolute Gasteiger partial charge is 0.154 e. The van der Waals surface area contributed by atoms with E-state index >= 15 is 0 Å². The van der Waals surface area contributed by atoms with E-state index in [0.717, 1.165) is 32.2 Å². The van der Waals surface area contributed by atoms with E-state index in [1.54, 1.807) is 28.4 Å². The Labute approximate surface area is 124 Å². The first kappa shape index (κ1) is 12.2. The van der Waals surface area contributed by atoms with Crippen LogP contribution in [0.1, 0.15) is 5.56 Å². The van der Waals surface area contributed by atoms with Gasteiger partial charge >= 0.3 is 0 Å². The second-order valence-electron chi connectivity index (χ2n) is 4.73. The maximum atomic E-state index is 4.61. The van der Waals surface area contributed by atoms with Crippen LogP contribution in [0.4, 0.5) is 0 Å². The van der Waals surface area contributed by atoms with Gasteiger partial charge in [0.25, 0.3) is 0 Å². The van der Waals surface area contributed by atoms with Crippen LogP contribution in [0.2, 0.25) is 0 Å². The Bertz CT molecular complexity index is 910. The van der Waals surface area contributed by atoms with Gasteiger partial charge in [-0.3, -0.25) is 4.98 Å². The fourth-order valence-electron chi connectivity index (χ4n) is 2.10. The van der Waals surface area contributed by atoms with Crippen LogP contribution in [-0.2, 0) is 0 Å². The lowest BCUT2D eigenvalue weighted by Crippen LogP contribution is -1.96. The van der Waals surface area contributed by atoms with Crippen LogP contribution >= 0.6 is 11.3 Å². The molecule has 0 saturated heterocycles. The number of hydrogen-bond donors (Lipinski definition) is 0. The first-order chi connectivity index (χ1) is 10.3. The molecule has 0 amide bonds. The minimum Gasteiger partial charge on any atom is -0.264 e. The number of rotatable bonds is 2. The minimum absolute atomic E-state index is 0.803. The van der Waals surface area contributed by atoms with Crippen molar-refractivity contribution in [3.63, 3.8) is 0 Å². The van der Waals surface area contributed by atoms with Crippen LogP contribution in [0.25, 0.3) is 26.6 Å². The molecule has 0 aliphatic heterocycles. The molecule has 0 aliphatic rings. The van der Waals surface area contributed by atoms with E-state index in [2.05, 4.69) is 20.1 Å². The van der Waals surface area contributed by atoms with Gasteiger partial charge in [-0.2, -0.15) is 5.10 Å². The van der Waals surface area contributed by atoms with Crippen LogP contribution in [0.5, 0.6) is 0 Å². The van der Waals surface area contributed by atoms with E-state index in [-0.39, 0.29) is 0 Å². The monoisotopic (exact) mass is 293 g/mol. The summed E-state index contributed by atoms with van der Waals surface area (Å²) in [5.41, 5.74) is 3.03. The van der Waals surface area contributed by atoms with Crippen molar-refractivity contribution >= 4 is 21.6 Å². The van der Waals surface area contributed by atoms with Gasteiger partial charge in [0, 0.05) is 30.2 Å². The van der Waals surface area contributed by atoms with E-state index in [1.165, 1.54) is 0 Å². The van der Waals surface area contributed by atoms with Crippen molar-refractivity contribution in [1.82, 2.24) is 24.7 Å². The highest BCUT2D eigenvalue weighted by molar-refractivity contribution is 7.21. The van der Waals surface area contributed by atoms with Crippen LogP contribution in [0, 0.1) is 6.92 Å². The molecule has 0 radical (unpaired) electrons. The highest BCUT2D eigenvalue weighted by atomic mass is 32.1. The first-order valence-corrected chi connectivity index (χ1v) is 7.30. The van der Waals surface area contributed by atoms with Gasteiger partial charge in [0.2, 0.25) is 0 Å². The number of thiazole rings is 1. The van der Waals surface area contributed by atoms with Crippen LogP contribution < -0.4 is 0 Å². The molecular weight excluding hydrogens is 282 g/mol. The number of fused-ring (bicyclic) bond motifs is 1. The molecule has 6 heteroatoms. The molecule has 4 heterocycles. The summed E-state index contributed by atoms with van der Waals surface area (Å²) >= 11 is 1.63. The molecule has 5 nitrogen and oxygen atoms in total. The summed E-state index contributed by atoms with van der Waals surface area (Å²) in [5, 5.41) is 5.24. The number of nitrogens with zero attached hydrogens (tertiary/aromatic N) is 5. The molecule has 0 N–H and O–H groups in total. The molecule has 4 aromatic heterocycles. The summed E-state index contributed by atoms with van der Waals surface area (Å²) in [6, 6.07) is 5.94. The average molecular weight is 293 g/mol. The number of aryl methyl sites for hydroxylation is 1. The van der Waals surface area contributed by atoms with E-state index in [0.29, 0.717) is 0 Å². The van der Waals surface area contributed by atoms with E-state index < -0.39 is 0 Å². The van der Waals surface area contributed by atoms with Gasteiger partial charge in [0.15, 0.2) is 5.82 Å². The lowest BCUT2D eigenvalue weighted by molar-refractivity contribution is 0.849. The SMILES string of the molecule is Cc1cnn(-c2cc3sc(-c4cccnc4)nc3cn2)c1. The third-order valence-electron chi connectivity index (χ3n) is 3.12. The van der Waals surface area contributed by atoms with Crippen molar-refractivity contribution in [3.8, 4) is 16.4 Å². The molecular formula is C15H11N5S. The Morgan fingerprint density at radius 2 is 2.14 bits per heavy atom. The molecule has 0 fully saturated rings. The number of hydrogen-bond acceptors (Lipinski definition) is 5. The summed E-state index contributed by atoms with van der Waals surface area (Å²) in [7, 11) is 0. The van der Waals surface area contributed by atoms with Crippen molar-refractivity contribution in [2.45, 2.75) is 6.92 Å². The van der Waals surface area contributed by atoms with Crippen LogP contribution in [0.15, 0.2) is 49.2 Å². The average Bonchev–Trinajstić information content (AvgIpc) is 3.13. The normalized spacial score (nSPS) is 11.1. The summed E-state index contributed by atoms with van der Waals surface area (Å²) in [4.78, 5) is 13.2. The molecule has 0 bridgehead atoms. The van der Waals surface area contributed by atoms with Gasteiger partial charge in [-0.1, -0.05) is 0 Å². The molecule has 0 aromatic carbocycles. The third-order valence-corrected chi connectivity index (χ3v) is 4.18. The summed E-state index contributed by atoms with van der Waals surface area (Å²) in [5.74, 6) is 0.803. The quantitative estimate of drug-likeness (QED) is 0.569. The Morgan fingerprint density at radius 3 is 2.90 bits per heavy atom. The molecule has 0 saturated carbocycles. The van der Waals surface area contributed by atoms with Gasteiger partial charge in [0.05, 0.1) is 17.1 Å². The second-order valence-corrected chi connectivity index (χ2v) is 5.76. The lowest BCUT2D eigenvalue weighted by atomic mass is 10.3. The Kier molecular flexibility index (Phi) is 2.75. The molecule has 102 valence electrons. The van der Waals surface area contributed by atoms with Crippen molar-refractivity contribution in [2.75, 3.05) is 0 Å². The van der Waals surface area contributed by atoms with Gasteiger partial charge < -0.3 is 0 Å². The zero-order valence-corrected chi connectivity index (χ0v) is 12.1. The summed E-state index contributed by atoms with van der Waals surface area (Å²) < 4.78 is 2.87. The first-order valence-electron chi connectivity index (χ1n) is 6.48. The van der Waals surface area contributed by atoms with Crippen molar-refractivity contribution < 1.29 is 0 Å². The predicted molar refractivity (Wildman–Crippen MR) is 82.5 cm³/mol. The molecule has 4 rings (SSSR count). The van der Waals surface area contributed by atoms with Crippen LogP contribution in [0.3, 0.4) is 0 Å². The van der Waals surface area contributed by atoms with Gasteiger partial charge in [-0.15, -0.1) is 11.3 Å². The third kappa shape index (κ3) is 2.19. The zero-order valence-electron chi connectivity index (χ0n) is 11.3. The fourth-order valence-corrected chi connectivity index (χ4v) is 3.06. The highest BCUT2D eigenvalue weighted by Crippen LogP contribution is 2.30.